The number of nitrogens with one attached hydrogen (secondary N) is 1. The van der Waals surface area contributed by atoms with Crippen LogP contribution in [-0.2, 0) is 4.84 Å². The van der Waals surface area contributed by atoms with Crippen molar-refractivity contribution < 1.29 is 20.2 Å². The van der Waals surface area contributed by atoms with Crippen LogP contribution in [0.4, 0.5) is 0 Å². The summed E-state index contributed by atoms with van der Waals surface area (Å²) in [6, 6.07) is -1.05. The highest BCUT2D eigenvalue weighted by molar-refractivity contribution is 5.86. The molecular weight excluding hydrogens is 330 g/mol. The van der Waals surface area contributed by atoms with Gasteiger partial charge in [-0.05, 0) is 0 Å². The van der Waals surface area contributed by atoms with E-state index in [0.29, 0.717) is 19.5 Å². The molecule has 25 heavy (non-hydrogen) atoms. The number of aliphatic imine (C=N–C) groups is 2. The minimum atomic E-state index is -1.07. The molecule has 3 heterocycles. The fraction of sp³-hybridized carbons (Fsp3) is 0.857. The summed E-state index contributed by atoms with van der Waals surface area (Å²) in [5.41, 5.74) is 13.6. The summed E-state index contributed by atoms with van der Waals surface area (Å²) in [7, 11) is 1.42. The van der Waals surface area contributed by atoms with Crippen molar-refractivity contribution in [2.75, 3.05) is 26.8 Å². The van der Waals surface area contributed by atoms with Crippen molar-refractivity contribution in [2.45, 2.75) is 43.4 Å². The molecule has 0 aromatic rings. The van der Waals surface area contributed by atoms with Gasteiger partial charge in [0.1, 0.15) is 24.4 Å². The number of hydrogen-bond acceptors (Lipinski definition) is 11. The molecule has 0 saturated carbocycles. The fourth-order valence-corrected chi connectivity index (χ4v) is 4.19. The number of aliphatic hydroxyl groups is 3. The number of rotatable bonds is 6. The predicted molar refractivity (Wildman–Crippen MR) is 90.0 cm³/mol. The number of nitrogens with zero attached hydrogens (tertiary/aromatic N) is 4. The van der Waals surface area contributed by atoms with Gasteiger partial charge in [0.15, 0.2) is 17.6 Å². The van der Waals surface area contributed by atoms with E-state index in [1.807, 2.05) is 6.92 Å². The van der Waals surface area contributed by atoms with E-state index in [1.165, 1.54) is 7.11 Å². The first-order valence-electron chi connectivity index (χ1n) is 8.35. The van der Waals surface area contributed by atoms with E-state index in [9.17, 15) is 15.3 Å². The molecule has 0 aromatic heterocycles. The standard InChI is InChI=1S/C14H27N7O4/c1-7-5-21-12(15)17-8(6-22)10-14(21,11(7)24)18-13(16)20(10)4-3-9(23)19-25-2/h7-11,19,22-24H,3-6H2,1-2H3,(H2,15,17)(H2,16,18)/t7?,8?,9-,10?,11-,14?/m1/s1. The molecule has 1 saturated heterocycles. The molecule has 6 atom stereocenters. The van der Waals surface area contributed by atoms with Gasteiger partial charge in [-0.1, -0.05) is 6.92 Å². The molecule has 3 rings (SSSR count). The first-order valence-corrected chi connectivity index (χ1v) is 8.35. The van der Waals surface area contributed by atoms with Crippen LogP contribution >= 0.6 is 0 Å². The van der Waals surface area contributed by atoms with Gasteiger partial charge in [-0.25, -0.2) is 9.98 Å². The Hall–Kier alpha value is -1.66. The van der Waals surface area contributed by atoms with Crippen LogP contribution in [0.5, 0.6) is 0 Å². The van der Waals surface area contributed by atoms with Gasteiger partial charge >= 0.3 is 0 Å². The van der Waals surface area contributed by atoms with Crippen LogP contribution in [0.1, 0.15) is 13.3 Å². The lowest BCUT2D eigenvalue weighted by Crippen LogP contribution is -2.69. The van der Waals surface area contributed by atoms with E-state index in [0.717, 1.165) is 0 Å². The zero-order valence-corrected chi connectivity index (χ0v) is 14.4. The average Bonchev–Trinajstić information content (AvgIpc) is 3.00. The van der Waals surface area contributed by atoms with Crippen LogP contribution in [0.2, 0.25) is 0 Å². The SMILES string of the molecule is CON[C@H](O)CCN1C(N)=NC23C1C(CO)N=C(N)N2CC(C)[C@H]3O. The molecule has 0 radical (unpaired) electrons. The van der Waals surface area contributed by atoms with Gasteiger partial charge in [0.2, 0.25) is 0 Å². The van der Waals surface area contributed by atoms with Gasteiger partial charge in [-0.3, -0.25) is 0 Å². The van der Waals surface area contributed by atoms with Crippen molar-refractivity contribution in [1.29, 1.82) is 0 Å². The zero-order chi connectivity index (χ0) is 18.4. The first kappa shape index (κ1) is 18.1. The molecule has 11 nitrogen and oxygen atoms in total. The number of guanidine groups is 2. The van der Waals surface area contributed by atoms with E-state index in [2.05, 4.69) is 15.5 Å². The van der Waals surface area contributed by atoms with Crippen LogP contribution in [-0.4, -0.2) is 93.9 Å². The van der Waals surface area contributed by atoms with Crippen LogP contribution < -0.4 is 16.9 Å². The normalized spacial score (nSPS) is 38.3. The first-order chi connectivity index (χ1) is 11.9. The van der Waals surface area contributed by atoms with Crippen molar-refractivity contribution in [3.8, 4) is 0 Å². The van der Waals surface area contributed by atoms with Gasteiger partial charge in [-0.15, -0.1) is 0 Å². The van der Waals surface area contributed by atoms with Crippen molar-refractivity contribution in [3.05, 3.63) is 0 Å². The molecule has 3 aliphatic rings. The van der Waals surface area contributed by atoms with Crippen molar-refractivity contribution in [3.63, 3.8) is 0 Å². The Labute approximate surface area is 145 Å². The number of hydroxylamine groups is 1. The van der Waals surface area contributed by atoms with Gasteiger partial charge in [0.05, 0.1) is 13.7 Å². The average molecular weight is 357 g/mol. The highest BCUT2D eigenvalue weighted by atomic mass is 16.7. The monoisotopic (exact) mass is 357 g/mol. The van der Waals surface area contributed by atoms with E-state index in [4.69, 9.17) is 16.3 Å². The third kappa shape index (κ3) is 2.62. The molecule has 142 valence electrons. The second-order valence-electron chi connectivity index (χ2n) is 6.79. The summed E-state index contributed by atoms with van der Waals surface area (Å²) in [6.45, 7) is 2.51. The molecule has 0 bridgehead atoms. The number of hydrogen-bond donors (Lipinski definition) is 6. The third-order valence-corrected chi connectivity index (χ3v) is 5.26. The van der Waals surface area contributed by atoms with E-state index < -0.39 is 30.1 Å². The molecule has 0 aromatic carbocycles. The summed E-state index contributed by atoms with van der Waals surface area (Å²) in [6.07, 6.45) is -1.38. The van der Waals surface area contributed by atoms with Crippen molar-refractivity contribution in [1.82, 2.24) is 15.3 Å². The van der Waals surface area contributed by atoms with Crippen LogP contribution in [0.25, 0.3) is 0 Å². The zero-order valence-electron chi connectivity index (χ0n) is 14.4. The molecule has 0 amide bonds. The topological polar surface area (TPSA) is 165 Å². The second-order valence-corrected chi connectivity index (χ2v) is 6.79. The smallest absolute Gasteiger partial charge is 0.194 e. The van der Waals surface area contributed by atoms with Gasteiger partial charge in [-0.2, -0.15) is 5.48 Å². The Morgan fingerprint density at radius 3 is 2.80 bits per heavy atom. The maximum atomic E-state index is 10.9. The maximum absolute atomic E-state index is 10.9. The lowest BCUT2D eigenvalue weighted by Gasteiger charge is -2.47. The van der Waals surface area contributed by atoms with Crippen molar-refractivity contribution >= 4 is 11.9 Å². The highest BCUT2D eigenvalue weighted by Crippen LogP contribution is 2.46. The molecule has 4 unspecified atom stereocenters. The minimum absolute atomic E-state index is 0.0778. The Kier molecular flexibility index (Phi) is 4.77. The van der Waals surface area contributed by atoms with Crippen LogP contribution in [0, 0.1) is 5.92 Å². The summed E-state index contributed by atoms with van der Waals surface area (Å²) >= 11 is 0. The number of nitrogens with two attached hydrogens (primary N) is 2. The number of aliphatic hydroxyl groups excluding tert-OH is 3. The van der Waals surface area contributed by atoms with Gasteiger partial charge in [0.25, 0.3) is 0 Å². The molecule has 1 spiro atoms. The Bertz CT molecular complexity index is 573. The highest BCUT2D eigenvalue weighted by Gasteiger charge is 2.66. The van der Waals surface area contributed by atoms with Crippen molar-refractivity contribution in [2.24, 2.45) is 27.4 Å². The predicted octanol–water partition coefficient (Wildman–Crippen LogP) is -3.46. The van der Waals surface area contributed by atoms with Gasteiger partial charge in [0, 0.05) is 25.4 Å². The van der Waals surface area contributed by atoms with E-state index in [-0.39, 0.29) is 24.4 Å². The Balaban J connectivity index is 1.93. The molecule has 1 fully saturated rings. The summed E-state index contributed by atoms with van der Waals surface area (Å²) in [5.74, 6) is 0.403. The summed E-state index contributed by atoms with van der Waals surface area (Å²) in [5, 5.41) is 30.5. The lowest BCUT2D eigenvalue weighted by atomic mass is 9.86. The molecular formula is C14H27N7O4. The maximum Gasteiger partial charge on any atom is 0.194 e. The second kappa shape index (κ2) is 6.57. The third-order valence-electron chi connectivity index (χ3n) is 5.26. The fourth-order valence-electron chi connectivity index (χ4n) is 4.19. The largest absolute Gasteiger partial charge is 0.394 e. The van der Waals surface area contributed by atoms with E-state index >= 15 is 0 Å². The van der Waals surface area contributed by atoms with Crippen LogP contribution in [0.3, 0.4) is 0 Å². The Morgan fingerprint density at radius 2 is 2.16 bits per heavy atom. The van der Waals surface area contributed by atoms with Crippen LogP contribution in [0.15, 0.2) is 9.98 Å². The molecule has 11 heteroatoms. The quantitative estimate of drug-likeness (QED) is 0.209. The van der Waals surface area contributed by atoms with Gasteiger partial charge < -0.3 is 41.4 Å². The summed E-state index contributed by atoms with van der Waals surface area (Å²) < 4.78 is 0. The lowest BCUT2D eigenvalue weighted by molar-refractivity contribution is -0.0425. The summed E-state index contributed by atoms with van der Waals surface area (Å²) in [4.78, 5) is 17.2. The molecule has 0 aliphatic carbocycles. The Morgan fingerprint density at radius 1 is 1.44 bits per heavy atom. The minimum Gasteiger partial charge on any atom is -0.394 e. The molecule has 3 aliphatic heterocycles. The molecule has 8 N–H and O–H groups in total. The van der Waals surface area contributed by atoms with E-state index in [1.54, 1.807) is 9.80 Å².